The van der Waals surface area contributed by atoms with Crippen LogP contribution in [0.1, 0.15) is 54.4 Å². The monoisotopic (exact) mass is 387 g/mol. The summed E-state index contributed by atoms with van der Waals surface area (Å²) in [5.41, 5.74) is -0.647. The molecule has 0 aliphatic carbocycles. The van der Waals surface area contributed by atoms with Crippen LogP contribution in [-0.4, -0.2) is 85.3 Å². The molecule has 0 rings (SSSR count). The number of nitrogens with one attached hydrogen (secondary N) is 1. The number of hydrogen-bond donors (Lipinski definition) is 2. The Bertz CT molecular complexity index is 455. The molecule has 27 heavy (non-hydrogen) atoms. The van der Waals surface area contributed by atoms with Gasteiger partial charge in [-0.2, -0.15) is 0 Å². The van der Waals surface area contributed by atoms with Crippen LogP contribution in [0.25, 0.3) is 0 Å². The van der Waals surface area contributed by atoms with E-state index in [1.807, 2.05) is 27.8 Å². The summed E-state index contributed by atoms with van der Waals surface area (Å²) >= 11 is 0. The van der Waals surface area contributed by atoms with Crippen LogP contribution in [-0.2, 0) is 14.3 Å². The molecule has 0 heterocycles. The first-order valence-corrected chi connectivity index (χ1v) is 9.77. The molecule has 1 unspecified atom stereocenters. The standard InChI is InChI=1S/C20H41N3O4/c1-19(2,3)18(26)23(8)16(15-22(7)20(4,5)6)17(25)21-11-9-10-13-27-14-12-24/h16,24H,9-15H2,1-8H3,(H,21,25). The average molecular weight is 388 g/mol. The van der Waals surface area contributed by atoms with Gasteiger partial charge in [-0.15, -0.1) is 0 Å². The maximum atomic E-state index is 12.8. The van der Waals surface area contributed by atoms with E-state index in [4.69, 9.17) is 9.84 Å². The number of hydrogen-bond acceptors (Lipinski definition) is 5. The zero-order valence-electron chi connectivity index (χ0n) is 18.6. The van der Waals surface area contributed by atoms with Crippen molar-refractivity contribution in [1.82, 2.24) is 15.1 Å². The predicted octanol–water partition coefficient (Wildman–Crippen LogP) is 1.50. The molecular formula is C20H41N3O4. The number of likely N-dealkylation sites (N-methyl/N-ethyl adjacent to an activating group) is 2. The van der Waals surface area contributed by atoms with Crippen LogP contribution in [0.15, 0.2) is 0 Å². The Morgan fingerprint density at radius 2 is 1.63 bits per heavy atom. The van der Waals surface area contributed by atoms with Gasteiger partial charge in [0, 0.05) is 37.7 Å². The highest BCUT2D eigenvalue weighted by Gasteiger charge is 2.35. The number of aliphatic hydroxyl groups excluding tert-OH is 1. The number of carbonyl (C=O) groups is 2. The molecule has 160 valence electrons. The maximum absolute atomic E-state index is 12.8. The van der Waals surface area contributed by atoms with Crippen LogP contribution in [0.5, 0.6) is 0 Å². The summed E-state index contributed by atoms with van der Waals surface area (Å²) in [6.45, 7) is 13.8. The Balaban J connectivity index is 4.87. The lowest BCUT2D eigenvalue weighted by atomic mass is 9.94. The minimum atomic E-state index is -0.549. The lowest BCUT2D eigenvalue weighted by molar-refractivity contribution is -0.146. The molecule has 0 spiro atoms. The van der Waals surface area contributed by atoms with E-state index >= 15 is 0 Å². The van der Waals surface area contributed by atoms with Crippen molar-refractivity contribution in [2.75, 3.05) is 47.0 Å². The molecule has 0 radical (unpaired) electrons. The van der Waals surface area contributed by atoms with Gasteiger partial charge in [0.05, 0.1) is 13.2 Å². The van der Waals surface area contributed by atoms with Gasteiger partial charge in [-0.25, -0.2) is 0 Å². The minimum absolute atomic E-state index is 0.0217. The van der Waals surface area contributed by atoms with Crippen LogP contribution in [0.2, 0.25) is 0 Å². The molecular weight excluding hydrogens is 346 g/mol. The first-order chi connectivity index (χ1) is 12.3. The summed E-state index contributed by atoms with van der Waals surface area (Å²) in [4.78, 5) is 29.2. The van der Waals surface area contributed by atoms with E-state index in [1.165, 1.54) is 0 Å². The number of rotatable bonds is 11. The zero-order chi connectivity index (χ0) is 21.3. The van der Waals surface area contributed by atoms with Crippen molar-refractivity contribution in [2.45, 2.75) is 66.0 Å². The summed E-state index contributed by atoms with van der Waals surface area (Å²) < 4.78 is 5.21. The third-order valence-corrected chi connectivity index (χ3v) is 4.57. The van der Waals surface area contributed by atoms with Crippen molar-refractivity contribution in [3.05, 3.63) is 0 Å². The lowest BCUT2D eigenvalue weighted by Crippen LogP contribution is -2.57. The Hall–Kier alpha value is -1.18. The Morgan fingerprint density at radius 1 is 1.04 bits per heavy atom. The molecule has 7 heteroatoms. The molecule has 2 N–H and O–H groups in total. The van der Waals surface area contributed by atoms with Crippen LogP contribution in [0.3, 0.4) is 0 Å². The molecule has 2 amide bonds. The zero-order valence-corrected chi connectivity index (χ0v) is 18.6. The highest BCUT2D eigenvalue weighted by Crippen LogP contribution is 2.20. The van der Waals surface area contributed by atoms with Crippen molar-refractivity contribution in [2.24, 2.45) is 5.41 Å². The van der Waals surface area contributed by atoms with Gasteiger partial charge < -0.3 is 20.1 Å². The van der Waals surface area contributed by atoms with Gasteiger partial charge in [-0.05, 0) is 40.7 Å². The van der Waals surface area contributed by atoms with Gasteiger partial charge in [0.2, 0.25) is 11.8 Å². The molecule has 0 bridgehead atoms. The van der Waals surface area contributed by atoms with E-state index in [-0.39, 0.29) is 24.0 Å². The molecule has 0 aromatic carbocycles. The highest BCUT2D eigenvalue weighted by molar-refractivity contribution is 5.89. The molecule has 0 aromatic rings. The van der Waals surface area contributed by atoms with Gasteiger partial charge in [0.15, 0.2) is 0 Å². The van der Waals surface area contributed by atoms with Crippen LogP contribution >= 0.6 is 0 Å². The van der Waals surface area contributed by atoms with Crippen LogP contribution in [0, 0.1) is 5.41 Å². The Labute approximate surface area is 165 Å². The number of ether oxygens (including phenoxy) is 1. The lowest BCUT2D eigenvalue weighted by Gasteiger charge is -2.38. The molecule has 0 saturated carbocycles. The second-order valence-corrected chi connectivity index (χ2v) is 9.07. The van der Waals surface area contributed by atoms with E-state index in [0.29, 0.717) is 26.3 Å². The summed E-state index contributed by atoms with van der Waals surface area (Å²) in [6.07, 6.45) is 1.60. The van der Waals surface area contributed by atoms with Crippen molar-refractivity contribution in [3.8, 4) is 0 Å². The average Bonchev–Trinajstić information content (AvgIpc) is 2.55. The fourth-order valence-corrected chi connectivity index (χ4v) is 2.41. The predicted molar refractivity (Wildman–Crippen MR) is 109 cm³/mol. The second kappa shape index (κ2) is 11.6. The topological polar surface area (TPSA) is 82.1 Å². The number of amides is 2. The SMILES string of the molecule is CN(C(=O)C(C)(C)C)C(CN(C)C(C)(C)C)C(=O)NCCCCOCCO. The van der Waals surface area contributed by atoms with E-state index < -0.39 is 11.5 Å². The number of nitrogens with zero attached hydrogens (tertiary/aromatic N) is 2. The second-order valence-electron chi connectivity index (χ2n) is 9.07. The smallest absolute Gasteiger partial charge is 0.244 e. The summed E-state index contributed by atoms with van der Waals surface area (Å²) in [6, 6.07) is -0.549. The largest absolute Gasteiger partial charge is 0.394 e. The van der Waals surface area contributed by atoms with E-state index in [9.17, 15) is 9.59 Å². The quantitative estimate of drug-likeness (QED) is 0.525. The molecule has 7 nitrogen and oxygen atoms in total. The number of carbonyl (C=O) groups excluding carboxylic acids is 2. The van der Waals surface area contributed by atoms with E-state index in [2.05, 4.69) is 31.0 Å². The number of aliphatic hydroxyl groups is 1. The molecule has 0 fully saturated rings. The van der Waals surface area contributed by atoms with E-state index in [1.54, 1.807) is 11.9 Å². The molecule has 1 atom stereocenters. The normalized spacial score (nSPS) is 13.6. The van der Waals surface area contributed by atoms with Gasteiger partial charge in [0.25, 0.3) is 0 Å². The van der Waals surface area contributed by atoms with Crippen molar-refractivity contribution >= 4 is 11.8 Å². The third kappa shape index (κ3) is 10.1. The summed E-state index contributed by atoms with van der Waals surface area (Å²) in [7, 11) is 3.67. The van der Waals surface area contributed by atoms with Crippen molar-refractivity contribution < 1.29 is 19.4 Å². The first-order valence-electron chi connectivity index (χ1n) is 9.77. The fourth-order valence-electron chi connectivity index (χ4n) is 2.41. The molecule has 0 aliphatic heterocycles. The summed E-state index contributed by atoms with van der Waals surface area (Å²) in [5, 5.41) is 11.6. The highest BCUT2D eigenvalue weighted by atomic mass is 16.5. The molecule has 0 aliphatic rings. The fraction of sp³-hybridized carbons (Fsp3) is 0.900. The van der Waals surface area contributed by atoms with Gasteiger partial charge in [-0.3, -0.25) is 14.5 Å². The minimum Gasteiger partial charge on any atom is -0.394 e. The first kappa shape index (κ1) is 25.8. The third-order valence-electron chi connectivity index (χ3n) is 4.57. The molecule has 0 aromatic heterocycles. The van der Waals surface area contributed by atoms with Crippen LogP contribution in [0.4, 0.5) is 0 Å². The summed E-state index contributed by atoms with van der Waals surface area (Å²) in [5.74, 6) is -0.190. The van der Waals surface area contributed by atoms with E-state index in [0.717, 1.165) is 12.8 Å². The Morgan fingerprint density at radius 3 is 2.11 bits per heavy atom. The van der Waals surface area contributed by atoms with Crippen LogP contribution < -0.4 is 5.32 Å². The van der Waals surface area contributed by atoms with Gasteiger partial charge >= 0.3 is 0 Å². The maximum Gasteiger partial charge on any atom is 0.244 e. The van der Waals surface area contributed by atoms with Crippen molar-refractivity contribution in [3.63, 3.8) is 0 Å². The number of unbranched alkanes of at least 4 members (excludes halogenated alkanes) is 1. The van der Waals surface area contributed by atoms with Gasteiger partial charge in [-0.1, -0.05) is 20.8 Å². The molecule has 0 saturated heterocycles. The Kier molecular flexibility index (Phi) is 11.1. The van der Waals surface area contributed by atoms with Crippen molar-refractivity contribution in [1.29, 1.82) is 0 Å². The van der Waals surface area contributed by atoms with Gasteiger partial charge in [0.1, 0.15) is 6.04 Å².